The zero-order chi connectivity index (χ0) is 21.2. The second-order valence-corrected chi connectivity index (χ2v) is 8.18. The number of hydrazone groups is 1. The van der Waals surface area contributed by atoms with Crippen LogP contribution in [0.15, 0.2) is 41.8 Å². The standard InChI is InChI=1S/C23H28N6O2/c1-16(18-4-3-5-19(12-18)30-2)26-27-21-13-20(28-8-10-31-11-9-28)22-23(25-21)29(15-24-22)14-17-6-7-17/h3-5,12-13,15,17H,6-11,14H2,1-2H3,(H,25,27)/b26-16+. The lowest BCUT2D eigenvalue weighted by atomic mass is 10.1. The first kappa shape index (κ1) is 19.8. The summed E-state index contributed by atoms with van der Waals surface area (Å²) in [6.07, 6.45) is 4.50. The van der Waals surface area contributed by atoms with Crippen LogP contribution >= 0.6 is 0 Å². The van der Waals surface area contributed by atoms with E-state index >= 15 is 0 Å². The lowest BCUT2D eigenvalue weighted by Crippen LogP contribution is -2.36. The fraction of sp³-hybridized carbons (Fsp3) is 0.435. The molecule has 1 aliphatic heterocycles. The highest BCUT2D eigenvalue weighted by atomic mass is 16.5. The summed E-state index contributed by atoms with van der Waals surface area (Å²) in [5.41, 5.74) is 7.98. The van der Waals surface area contributed by atoms with E-state index in [0.29, 0.717) is 5.82 Å². The minimum absolute atomic E-state index is 0.716. The molecule has 2 aromatic heterocycles. The van der Waals surface area contributed by atoms with E-state index in [2.05, 4.69) is 20.0 Å². The van der Waals surface area contributed by atoms with Crippen molar-refractivity contribution in [1.82, 2.24) is 14.5 Å². The van der Waals surface area contributed by atoms with Crippen molar-refractivity contribution in [2.24, 2.45) is 11.0 Å². The summed E-state index contributed by atoms with van der Waals surface area (Å²) in [4.78, 5) is 11.9. The van der Waals surface area contributed by atoms with Crippen LogP contribution in [0.5, 0.6) is 5.75 Å². The van der Waals surface area contributed by atoms with Crippen LogP contribution in [0.2, 0.25) is 0 Å². The van der Waals surface area contributed by atoms with Gasteiger partial charge in [0.05, 0.1) is 38.0 Å². The summed E-state index contributed by atoms with van der Waals surface area (Å²) in [7, 11) is 1.67. The molecular formula is C23H28N6O2. The molecule has 2 aliphatic rings. The van der Waals surface area contributed by atoms with Gasteiger partial charge in [-0.15, -0.1) is 0 Å². The summed E-state index contributed by atoms with van der Waals surface area (Å²) < 4.78 is 13.1. The van der Waals surface area contributed by atoms with Gasteiger partial charge in [-0.25, -0.2) is 9.97 Å². The molecule has 5 rings (SSSR count). The topological polar surface area (TPSA) is 76.8 Å². The quantitative estimate of drug-likeness (QED) is 0.466. The van der Waals surface area contributed by atoms with E-state index in [0.717, 1.165) is 72.6 Å². The Bertz CT molecular complexity index is 1100. The fourth-order valence-corrected chi connectivity index (χ4v) is 3.89. The van der Waals surface area contributed by atoms with Crippen LogP contribution in [0, 0.1) is 5.92 Å². The molecule has 0 atom stereocenters. The number of nitrogens with one attached hydrogen (secondary N) is 1. The van der Waals surface area contributed by atoms with E-state index in [1.807, 2.05) is 43.6 Å². The fourth-order valence-electron chi connectivity index (χ4n) is 3.89. The van der Waals surface area contributed by atoms with Crippen LogP contribution in [0.3, 0.4) is 0 Å². The maximum absolute atomic E-state index is 5.55. The number of nitrogens with zero attached hydrogens (tertiary/aromatic N) is 5. The third-order valence-electron chi connectivity index (χ3n) is 5.88. The molecule has 0 spiro atoms. The molecule has 3 heterocycles. The van der Waals surface area contributed by atoms with Gasteiger partial charge in [-0.3, -0.25) is 5.43 Å². The number of anilines is 2. The number of hydrogen-bond acceptors (Lipinski definition) is 7. The highest BCUT2D eigenvalue weighted by molar-refractivity contribution is 5.99. The molecule has 1 aromatic carbocycles. The Labute approximate surface area is 181 Å². The second kappa shape index (κ2) is 8.55. The number of benzene rings is 1. The molecule has 1 saturated heterocycles. The van der Waals surface area contributed by atoms with Crippen molar-refractivity contribution >= 4 is 28.4 Å². The lowest BCUT2D eigenvalue weighted by Gasteiger charge is -2.29. The Morgan fingerprint density at radius 2 is 2.10 bits per heavy atom. The largest absolute Gasteiger partial charge is 0.497 e. The van der Waals surface area contributed by atoms with Crippen molar-refractivity contribution in [2.45, 2.75) is 26.3 Å². The van der Waals surface area contributed by atoms with Crippen LogP contribution < -0.4 is 15.1 Å². The van der Waals surface area contributed by atoms with Gasteiger partial charge in [0.2, 0.25) is 0 Å². The molecule has 162 valence electrons. The van der Waals surface area contributed by atoms with Crippen LogP contribution in [0.25, 0.3) is 11.2 Å². The molecular weight excluding hydrogens is 392 g/mol. The van der Waals surface area contributed by atoms with Crippen molar-refractivity contribution in [3.63, 3.8) is 0 Å². The van der Waals surface area contributed by atoms with Gasteiger partial charge >= 0.3 is 0 Å². The molecule has 3 aromatic rings. The maximum Gasteiger partial charge on any atom is 0.164 e. The molecule has 1 aliphatic carbocycles. The van der Waals surface area contributed by atoms with Crippen molar-refractivity contribution < 1.29 is 9.47 Å². The first-order chi connectivity index (χ1) is 15.2. The molecule has 0 bridgehead atoms. The summed E-state index contributed by atoms with van der Waals surface area (Å²) in [6, 6.07) is 9.93. The Morgan fingerprint density at radius 3 is 2.87 bits per heavy atom. The third kappa shape index (κ3) is 4.34. The minimum atomic E-state index is 0.716. The average molecular weight is 421 g/mol. The Kier molecular flexibility index (Phi) is 5.46. The number of hydrogen-bond donors (Lipinski definition) is 1. The zero-order valence-electron chi connectivity index (χ0n) is 18.0. The molecule has 0 radical (unpaired) electrons. The molecule has 0 unspecified atom stereocenters. The third-order valence-corrected chi connectivity index (χ3v) is 5.88. The van der Waals surface area contributed by atoms with Crippen LogP contribution in [-0.4, -0.2) is 53.7 Å². The summed E-state index contributed by atoms with van der Waals surface area (Å²) in [5.74, 6) is 2.27. The van der Waals surface area contributed by atoms with Gasteiger partial charge in [0, 0.05) is 31.3 Å². The number of imidazole rings is 1. The van der Waals surface area contributed by atoms with Crippen molar-refractivity contribution in [1.29, 1.82) is 0 Å². The number of pyridine rings is 1. The van der Waals surface area contributed by atoms with E-state index in [1.165, 1.54) is 12.8 Å². The molecule has 2 fully saturated rings. The minimum Gasteiger partial charge on any atom is -0.497 e. The van der Waals surface area contributed by atoms with Gasteiger partial charge in [0.25, 0.3) is 0 Å². The molecule has 31 heavy (non-hydrogen) atoms. The Balaban J connectivity index is 1.48. The number of fused-ring (bicyclic) bond motifs is 1. The highest BCUT2D eigenvalue weighted by Gasteiger charge is 2.24. The molecule has 0 amide bonds. The predicted octanol–water partition coefficient (Wildman–Crippen LogP) is 3.52. The van der Waals surface area contributed by atoms with Crippen LogP contribution in [0.1, 0.15) is 25.3 Å². The summed E-state index contributed by atoms with van der Waals surface area (Å²) >= 11 is 0. The van der Waals surface area contributed by atoms with Gasteiger partial charge < -0.3 is 18.9 Å². The molecule has 1 N–H and O–H groups in total. The van der Waals surface area contributed by atoms with E-state index < -0.39 is 0 Å². The maximum atomic E-state index is 5.55. The average Bonchev–Trinajstić information content (AvgIpc) is 3.56. The summed E-state index contributed by atoms with van der Waals surface area (Å²) in [6.45, 7) is 6.09. The van der Waals surface area contributed by atoms with E-state index in [1.54, 1.807) is 7.11 Å². The number of methoxy groups -OCH3 is 1. The monoisotopic (exact) mass is 420 g/mol. The van der Waals surface area contributed by atoms with Crippen molar-refractivity contribution in [2.75, 3.05) is 43.7 Å². The van der Waals surface area contributed by atoms with E-state index in [4.69, 9.17) is 19.4 Å². The molecule has 8 heteroatoms. The van der Waals surface area contributed by atoms with Crippen LogP contribution in [-0.2, 0) is 11.3 Å². The lowest BCUT2D eigenvalue weighted by molar-refractivity contribution is 0.123. The van der Waals surface area contributed by atoms with Gasteiger partial charge in [0.1, 0.15) is 11.3 Å². The van der Waals surface area contributed by atoms with Gasteiger partial charge in [-0.1, -0.05) is 12.1 Å². The van der Waals surface area contributed by atoms with E-state index in [9.17, 15) is 0 Å². The Morgan fingerprint density at radius 1 is 1.26 bits per heavy atom. The SMILES string of the molecule is COc1cccc(/C(C)=N/Nc2cc(N3CCOCC3)c3ncn(CC4CC4)c3n2)c1. The molecule has 1 saturated carbocycles. The number of aromatic nitrogens is 3. The van der Waals surface area contributed by atoms with E-state index in [-0.39, 0.29) is 0 Å². The normalized spacial score (nSPS) is 17.2. The van der Waals surface area contributed by atoms with Gasteiger partial charge in [-0.2, -0.15) is 5.10 Å². The highest BCUT2D eigenvalue weighted by Crippen LogP contribution is 2.33. The number of rotatable bonds is 7. The Hall–Kier alpha value is -3.13. The molecule has 8 nitrogen and oxygen atoms in total. The number of morpholine rings is 1. The number of ether oxygens (including phenoxy) is 2. The predicted molar refractivity (Wildman–Crippen MR) is 122 cm³/mol. The van der Waals surface area contributed by atoms with Gasteiger partial charge in [-0.05, 0) is 37.8 Å². The first-order valence-corrected chi connectivity index (χ1v) is 10.8. The van der Waals surface area contributed by atoms with Crippen LogP contribution in [0.4, 0.5) is 11.5 Å². The second-order valence-electron chi connectivity index (χ2n) is 8.18. The van der Waals surface area contributed by atoms with Crippen molar-refractivity contribution in [3.05, 3.63) is 42.2 Å². The smallest absolute Gasteiger partial charge is 0.164 e. The first-order valence-electron chi connectivity index (χ1n) is 10.8. The van der Waals surface area contributed by atoms with Crippen molar-refractivity contribution in [3.8, 4) is 5.75 Å². The van der Waals surface area contributed by atoms with Gasteiger partial charge in [0.15, 0.2) is 11.5 Å². The summed E-state index contributed by atoms with van der Waals surface area (Å²) in [5, 5.41) is 4.60. The zero-order valence-corrected chi connectivity index (χ0v) is 18.0.